The van der Waals surface area contributed by atoms with Crippen molar-refractivity contribution in [3.8, 4) is 0 Å². The smallest absolute Gasteiger partial charge is 0.272 e. The van der Waals surface area contributed by atoms with E-state index in [1.165, 1.54) is 0 Å². The Balaban J connectivity index is 2.70. The van der Waals surface area contributed by atoms with E-state index in [4.69, 9.17) is 5.11 Å². The summed E-state index contributed by atoms with van der Waals surface area (Å²) < 4.78 is 1.55. The van der Waals surface area contributed by atoms with Crippen LogP contribution in [0.4, 0.5) is 0 Å². The second kappa shape index (κ2) is 6.27. The van der Waals surface area contributed by atoms with Crippen molar-refractivity contribution in [2.75, 3.05) is 19.7 Å². The van der Waals surface area contributed by atoms with Gasteiger partial charge in [0.05, 0.1) is 6.61 Å². The average Bonchev–Trinajstić information content (AvgIpc) is 2.69. The first kappa shape index (κ1) is 12.7. The monoisotopic (exact) mass is 225 g/mol. The van der Waals surface area contributed by atoms with Gasteiger partial charge in [-0.25, -0.2) is 0 Å². The van der Waals surface area contributed by atoms with Crippen molar-refractivity contribution in [1.29, 1.82) is 0 Å². The number of aryl methyl sites for hydroxylation is 1. The normalized spacial score (nSPS) is 10.4. The molecule has 1 N–H and O–H groups in total. The van der Waals surface area contributed by atoms with Crippen LogP contribution in [0.15, 0.2) is 12.3 Å². The summed E-state index contributed by atoms with van der Waals surface area (Å²) in [4.78, 5) is 13.7. The molecular formula is C11H19N3O2. The highest BCUT2D eigenvalue weighted by Gasteiger charge is 2.17. The van der Waals surface area contributed by atoms with Crippen molar-refractivity contribution in [3.05, 3.63) is 18.0 Å². The summed E-state index contributed by atoms with van der Waals surface area (Å²) in [5.41, 5.74) is 0.560. The van der Waals surface area contributed by atoms with Crippen molar-refractivity contribution in [3.63, 3.8) is 0 Å². The van der Waals surface area contributed by atoms with Crippen LogP contribution < -0.4 is 0 Å². The zero-order chi connectivity index (χ0) is 12.0. The Kier molecular flexibility index (Phi) is 4.98. The molecule has 1 amide bonds. The maximum atomic E-state index is 12.1. The van der Waals surface area contributed by atoms with Crippen LogP contribution in [0, 0.1) is 0 Å². The van der Waals surface area contributed by atoms with Crippen molar-refractivity contribution >= 4 is 5.91 Å². The zero-order valence-electron chi connectivity index (χ0n) is 9.89. The number of nitrogens with zero attached hydrogens (tertiary/aromatic N) is 3. The molecule has 0 saturated carbocycles. The van der Waals surface area contributed by atoms with Crippen LogP contribution in [0.2, 0.25) is 0 Å². The average molecular weight is 225 g/mol. The Bertz CT molecular complexity index is 336. The maximum absolute atomic E-state index is 12.1. The van der Waals surface area contributed by atoms with Gasteiger partial charge in [0.2, 0.25) is 0 Å². The molecule has 5 heteroatoms. The van der Waals surface area contributed by atoms with Crippen molar-refractivity contribution in [2.24, 2.45) is 7.05 Å². The first-order chi connectivity index (χ1) is 7.70. The lowest BCUT2D eigenvalue weighted by Gasteiger charge is -2.21. The Morgan fingerprint density at radius 2 is 2.31 bits per heavy atom. The van der Waals surface area contributed by atoms with E-state index in [0.717, 1.165) is 12.8 Å². The summed E-state index contributed by atoms with van der Waals surface area (Å²) in [5, 5.41) is 12.9. The van der Waals surface area contributed by atoms with Gasteiger partial charge in [-0.05, 0) is 12.5 Å². The fourth-order valence-electron chi connectivity index (χ4n) is 1.53. The zero-order valence-corrected chi connectivity index (χ0v) is 9.89. The molecule has 1 aromatic heterocycles. The quantitative estimate of drug-likeness (QED) is 0.773. The molecule has 1 heterocycles. The third-order valence-corrected chi connectivity index (χ3v) is 2.48. The van der Waals surface area contributed by atoms with Gasteiger partial charge in [-0.2, -0.15) is 5.10 Å². The minimum atomic E-state index is -0.0671. The van der Waals surface area contributed by atoms with Crippen molar-refractivity contribution < 1.29 is 9.90 Å². The summed E-state index contributed by atoms with van der Waals surface area (Å²) >= 11 is 0. The van der Waals surface area contributed by atoms with E-state index in [1.54, 1.807) is 28.9 Å². The van der Waals surface area contributed by atoms with E-state index >= 15 is 0 Å². The predicted molar refractivity (Wildman–Crippen MR) is 61.1 cm³/mol. The van der Waals surface area contributed by atoms with Crippen LogP contribution in [0.1, 0.15) is 30.3 Å². The largest absolute Gasteiger partial charge is 0.395 e. The highest BCUT2D eigenvalue weighted by molar-refractivity contribution is 5.92. The number of carbonyl (C=O) groups excluding carboxylic acids is 1. The molecule has 0 atom stereocenters. The van der Waals surface area contributed by atoms with Crippen LogP contribution >= 0.6 is 0 Å². The van der Waals surface area contributed by atoms with Gasteiger partial charge in [0.25, 0.3) is 5.91 Å². The van der Waals surface area contributed by atoms with Gasteiger partial charge in [0.15, 0.2) is 0 Å². The van der Waals surface area contributed by atoms with Gasteiger partial charge in [0, 0.05) is 26.3 Å². The molecule has 0 radical (unpaired) electrons. The number of aromatic nitrogens is 2. The summed E-state index contributed by atoms with van der Waals surface area (Å²) in [6, 6.07) is 1.69. The van der Waals surface area contributed by atoms with Crippen molar-refractivity contribution in [1.82, 2.24) is 14.7 Å². The maximum Gasteiger partial charge on any atom is 0.272 e. The molecule has 5 nitrogen and oxygen atoms in total. The molecular weight excluding hydrogens is 206 g/mol. The Morgan fingerprint density at radius 1 is 1.56 bits per heavy atom. The van der Waals surface area contributed by atoms with Crippen LogP contribution in [0.5, 0.6) is 0 Å². The molecule has 0 aliphatic heterocycles. The fraction of sp³-hybridized carbons (Fsp3) is 0.636. The Labute approximate surface area is 95.7 Å². The molecule has 16 heavy (non-hydrogen) atoms. The molecule has 0 aliphatic carbocycles. The van der Waals surface area contributed by atoms with Crippen LogP contribution in [-0.4, -0.2) is 45.4 Å². The first-order valence-corrected chi connectivity index (χ1v) is 5.58. The number of hydrogen-bond donors (Lipinski definition) is 1. The number of amides is 1. The van der Waals surface area contributed by atoms with Crippen LogP contribution in [0.25, 0.3) is 0 Å². The summed E-state index contributed by atoms with van der Waals surface area (Å²) in [6.07, 6.45) is 3.58. The number of unbranched alkanes of at least 4 members (excludes halogenated alkanes) is 1. The van der Waals surface area contributed by atoms with Gasteiger partial charge in [-0.1, -0.05) is 13.3 Å². The molecule has 0 saturated heterocycles. The lowest BCUT2D eigenvalue weighted by molar-refractivity contribution is 0.0708. The van der Waals surface area contributed by atoms with E-state index in [9.17, 15) is 4.79 Å². The minimum Gasteiger partial charge on any atom is -0.395 e. The minimum absolute atomic E-state index is 0.00664. The number of rotatable bonds is 6. The number of carbonyl (C=O) groups is 1. The number of hydrogen-bond acceptors (Lipinski definition) is 3. The predicted octanol–water partition coefficient (Wildman–Crippen LogP) is 0.655. The standard InChI is InChI=1S/C11H19N3O2/c1-3-4-7-14(8-9-15)11(16)10-5-6-12-13(10)2/h5-6,15H,3-4,7-9H2,1-2H3. The van der Waals surface area contributed by atoms with Crippen molar-refractivity contribution in [2.45, 2.75) is 19.8 Å². The molecule has 0 spiro atoms. The van der Waals surface area contributed by atoms with Crippen LogP contribution in [-0.2, 0) is 7.05 Å². The Morgan fingerprint density at radius 3 is 2.81 bits per heavy atom. The summed E-state index contributed by atoms with van der Waals surface area (Å²) in [6.45, 7) is 3.13. The summed E-state index contributed by atoms with van der Waals surface area (Å²) in [7, 11) is 1.74. The molecule has 1 aromatic rings. The highest BCUT2D eigenvalue weighted by Crippen LogP contribution is 2.04. The molecule has 0 unspecified atom stereocenters. The lowest BCUT2D eigenvalue weighted by atomic mass is 10.3. The SMILES string of the molecule is CCCCN(CCO)C(=O)c1ccnn1C. The first-order valence-electron chi connectivity index (χ1n) is 5.58. The van der Waals surface area contributed by atoms with Gasteiger partial charge in [-0.15, -0.1) is 0 Å². The third-order valence-electron chi connectivity index (χ3n) is 2.48. The molecule has 0 bridgehead atoms. The fourth-order valence-corrected chi connectivity index (χ4v) is 1.53. The van der Waals surface area contributed by atoms with E-state index in [0.29, 0.717) is 18.8 Å². The molecule has 0 aliphatic rings. The van der Waals surface area contributed by atoms with E-state index in [-0.39, 0.29) is 12.5 Å². The lowest BCUT2D eigenvalue weighted by Crippen LogP contribution is -2.35. The van der Waals surface area contributed by atoms with Gasteiger partial charge in [-0.3, -0.25) is 9.48 Å². The third kappa shape index (κ3) is 3.06. The molecule has 0 aromatic carbocycles. The van der Waals surface area contributed by atoms with Crippen LogP contribution in [0.3, 0.4) is 0 Å². The van der Waals surface area contributed by atoms with Gasteiger partial charge in [0.1, 0.15) is 5.69 Å². The van der Waals surface area contributed by atoms with E-state index < -0.39 is 0 Å². The molecule has 90 valence electrons. The molecule has 0 fully saturated rings. The second-order valence-corrected chi connectivity index (χ2v) is 3.71. The number of aliphatic hydroxyl groups excluding tert-OH is 1. The van der Waals surface area contributed by atoms with E-state index in [1.807, 2.05) is 0 Å². The van der Waals surface area contributed by atoms with Gasteiger partial charge >= 0.3 is 0 Å². The topological polar surface area (TPSA) is 58.4 Å². The highest BCUT2D eigenvalue weighted by atomic mass is 16.3. The van der Waals surface area contributed by atoms with Gasteiger partial charge < -0.3 is 10.0 Å². The second-order valence-electron chi connectivity index (χ2n) is 3.71. The Hall–Kier alpha value is -1.36. The van der Waals surface area contributed by atoms with E-state index in [2.05, 4.69) is 12.0 Å². The number of aliphatic hydroxyl groups is 1. The molecule has 1 rings (SSSR count). The summed E-state index contributed by atoms with van der Waals surface area (Å²) in [5.74, 6) is -0.0671.